The van der Waals surface area contributed by atoms with Gasteiger partial charge in [-0.1, -0.05) is 31.9 Å². The molecule has 5 heteroatoms. The minimum atomic E-state index is -0.159. The molecule has 116 valence electrons. The average Bonchev–Trinajstić information content (AvgIpc) is 2.80. The van der Waals surface area contributed by atoms with Crippen molar-refractivity contribution in [2.75, 3.05) is 5.32 Å². The van der Waals surface area contributed by atoms with Crippen molar-refractivity contribution >= 4 is 60.9 Å². The fourth-order valence-electron chi connectivity index (χ4n) is 2.47. The Kier molecular flexibility index (Phi) is 4.25. The van der Waals surface area contributed by atoms with Crippen molar-refractivity contribution in [1.82, 2.24) is 0 Å². The van der Waals surface area contributed by atoms with Gasteiger partial charge in [-0.15, -0.1) is 0 Å². The molecule has 0 saturated heterocycles. The number of benzene rings is 2. The van der Waals surface area contributed by atoms with Crippen LogP contribution in [0.3, 0.4) is 0 Å². The smallest absolute Gasteiger partial charge is 0.256 e. The van der Waals surface area contributed by atoms with E-state index >= 15 is 0 Å². The zero-order chi connectivity index (χ0) is 16.7. The van der Waals surface area contributed by atoms with Gasteiger partial charge in [0.25, 0.3) is 5.91 Å². The molecule has 2 aromatic rings. The summed E-state index contributed by atoms with van der Waals surface area (Å²) in [5, 5.41) is 2.83. The number of rotatable bonds is 2. The number of hydrogen-bond donors (Lipinski definition) is 1. The molecule has 0 unspecified atom stereocenters. The number of fused-ring (bicyclic) bond motifs is 1. The topological polar surface area (TPSA) is 46.2 Å². The Bertz CT molecular complexity index is 862. The molecule has 0 spiro atoms. The first kappa shape index (κ1) is 16.1. The van der Waals surface area contributed by atoms with Crippen LogP contribution in [-0.2, 0) is 4.79 Å². The molecule has 1 aliphatic rings. The Labute approximate surface area is 151 Å². The number of carbonyl (C=O) groups excluding carboxylic acids is 2. The van der Waals surface area contributed by atoms with Crippen LogP contribution in [0.15, 0.2) is 39.3 Å². The lowest BCUT2D eigenvalue weighted by molar-refractivity contribution is -0.110. The Morgan fingerprint density at radius 2 is 1.78 bits per heavy atom. The van der Waals surface area contributed by atoms with Crippen LogP contribution < -0.4 is 5.32 Å². The number of Topliss-reactive ketones (excluding diaryl/α,β-unsaturated/α-hetero) is 1. The quantitative estimate of drug-likeness (QED) is 0.520. The summed E-state index contributed by atoms with van der Waals surface area (Å²) in [6.07, 6.45) is 1.83. The highest BCUT2D eigenvalue weighted by Gasteiger charge is 2.24. The predicted octanol–water partition coefficient (Wildman–Crippen LogP) is 5.22. The number of halogens is 2. The number of hydrogen-bond acceptors (Lipinski definition) is 2. The second-order valence-electron chi connectivity index (χ2n) is 5.44. The molecular formula is C18H13Br2NO2. The van der Waals surface area contributed by atoms with Gasteiger partial charge in [-0.25, -0.2) is 0 Å². The van der Waals surface area contributed by atoms with E-state index in [0.717, 1.165) is 31.3 Å². The van der Waals surface area contributed by atoms with Crippen LogP contribution in [0, 0.1) is 6.92 Å². The van der Waals surface area contributed by atoms with Gasteiger partial charge in [-0.05, 0) is 61.4 Å². The Hall–Kier alpha value is -1.72. The molecule has 0 aromatic heterocycles. The van der Waals surface area contributed by atoms with Gasteiger partial charge in [0.05, 0.1) is 0 Å². The monoisotopic (exact) mass is 433 g/mol. The van der Waals surface area contributed by atoms with E-state index in [9.17, 15) is 9.59 Å². The van der Waals surface area contributed by atoms with Crippen LogP contribution >= 0.6 is 31.9 Å². The minimum Gasteiger partial charge on any atom is -0.321 e. The van der Waals surface area contributed by atoms with E-state index in [4.69, 9.17) is 0 Å². The highest BCUT2D eigenvalue weighted by atomic mass is 79.9. The Morgan fingerprint density at radius 3 is 2.39 bits per heavy atom. The molecule has 0 aliphatic carbocycles. The Balaban J connectivity index is 2.13. The lowest BCUT2D eigenvalue weighted by atomic mass is 10.00. The van der Waals surface area contributed by atoms with Gasteiger partial charge in [0.15, 0.2) is 5.78 Å². The number of anilines is 1. The van der Waals surface area contributed by atoms with Gasteiger partial charge < -0.3 is 5.32 Å². The van der Waals surface area contributed by atoms with Crippen molar-refractivity contribution in [2.24, 2.45) is 0 Å². The normalized spacial score (nSPS) is 14.8. The molecule has 1 amide bonds. The lowest BCUT2D eigenvalue weighted by Crippen LogP contribution is -2.03. The molecule has 1 heterocycles. The van der Waals surface area contributed by atoms with Gasteiger partial charge in [-0.2, -0.15) is 0 Å². The fraction of sp³-hybridized carbons (Fsp3) is 0.111. The Morgan fingerprint density at radius 1 is 1.13 bits per heavy atom. The highest BCUT2D eigenvalue weighted by molar-refractivity contribution is 9.11. The van der Waals surface area contributed by atoms with Crippen LogP contribution in [0.2, 0.25) is 0 Å². The first-order valence-electron chi connectivity index (χ1n) is 7.01. The molecule has 1 aliphatic heterocycles. The van der Waals surface area contributed by atoms with Crippen LogP contribution in [-0.4, -0.2) is 11.7 Å². The van der Waals surface area contributed by atoms with Gasteiger partial charge in [0.2, 0.25) is 0 Å². The summed E-state index contributed by atoms with van der Waals surface area (Å²) in [5.41, 5.74) is 4.65. The second kappa shape index (κ2) is 6.06. The molecule has 23 heavy (non-hydrogen) atoms. The molecule has 3 rings (SSSR count). The maximum Gasteiger partial charge on any atom is 0.256 e. The number of carbonyl (C=O) groups is 2. The summed E-state index contributed by atoms with van der Waals surface area (Å²) in [5.74, 6) is -0.180. The molecule has 0 saturated carbocycles. The van der Waals surface area contributed by atoms with E-state index in [1.165, 1.54) is 6.92 Å². The molecule has 0 radical (unpaired) electrons. The maximum atomic E-state index is 12.3. The molecule has 1 N–H and O–H groups in total. The van der Waals surface area contributed by atoms with E-state index in [1.807, 2.05) is 25.1 Å². The van der Waals surface area contributed by atoms with Crippen LogP contribution in [0.25, 0.3) is 11.6 Å². The molecule has 3 nitrogen and oxygen atoms in total. The SMILES string of the molecule is CC(=O)c1ccc2c(c1)/C(=C/c1cc(Br)c(C)c(Br)c1)C(=O)N2. The first-order chi connectivity index (χ1) is 10.9. The fourth-order valence-corrected chi connectivity index (χ4v) is 3.69. The summed E-state index contributed by atoms with van der Waals surface area (Å²) in [4.78, 5) is 23.8. The van der Waals surface area contributed by atoms with E-state index in [2.05, 4.69) is 37.2 Å². The molecule has 0 atom stereocenters. The average molecular weight is 435 g/mol. The van der Waals surface area contributed by atoms with Crippen LogP contribution in [0.4, 0.5) is 5.69 Å². The third-order valence-electron chi connectivity index (χ3n) is 3.82. The summed E-state index contributed by atoms with van der Waals surface area (Å²) in [6, 6.07) is 9.19. The lowest BCUT2D eigenvalue weighted by Gasteiger charge is -2.05. The van der Waals surface area contributed by atoms with Gasteiger partial charge in [0.1, 0.15) is 0 Å². The van der Waals surface area contributed by atoms with Crippen molar-refractivity contribution in [3.63, 3.8) is 0 Å². The highest BCUT2D eigenvalue weighted by Crippen LogP contribution is 2.35. The summed E-state index contributed by atoms with van der Waals surface area (Å²) < 4.78 is 1.93. The zero-order valence-electron chi connectivity index (χ0n) is 12.5. The van der Waals surface area contributed by atoms with Crippen molar-refractivity contribution in [3.8, 4) is 0 Å². The standard InChI is InChI=1S/C18H13Br2NO2/c1-9-15(19)6-11(7-16(9)20)5-14-13-8-12(10(2)22)3-4-17(13)21-18(14)23/h3-8H,1-2H3,(H,21,23)/b14-5-. The summed E-state index contributed by atoms with van der Waals surface area (Å²) in [6.45, 7) is 3.52. The van der Waals surface area contributed by atoms with Gasteiger partial charge >= 0.3 is 0 Å². The summed E-state index contributed by atoms with van der Waals surface area (Å²) >= 11 is 7.04. The largest absolute Gasteiger partial charge is 0.321 e. The van der Waals surface area contributed by atoms with Crippen molar-refractivity contribution in [2.45, 2.75) is 13.8 Å². The number of ketones is 1. The van der Waals surface area contributed by atoms with Gasteiger partial charge in [0, 0.05) is 31.3 Å². The molecule has 0 fully saturated rings. The molecule has 2 aromatic carbocycles. The van der Waals surface area contributed by atoms with E-state index in [0.29, 0.717) is 11.1 Å². The predicted molar refractivity (Wildman–Crippen MR) is 99.5 cm³/mol. The number of nitrogens with one attached hydrogen (secondary N) is 1. The van der Waals surface area contributed by atoms with E-state index in [1.54, 1.807) is 18.2 Å². The van der Waals surface area contributed by atoms with Crippen LogP contribution in [0.5, 0.6) is 0 Å². The van der Waals surface area contributed by atoms with Crippen molar-refractivity contribution in [1.29, 1.82) is 0 Å². The minimum absolute atomic E-state index is 0.0210. The summed E-state index contributed by atoms with van der Waals surface area (Å²) in [7, 11) is 0. The molecular weight excluding hydrogens is 422 g/mol. The maximum absolute atomic E-state index is 12.3. The third-order valence-corrected chi connectivity index (χ3v) is 5.47. The van der Waals surface area contributed by atoms with Crippen LogP contribution in [0.1, 0.15) is 34.0 Å². The van der Waals surface area contributed by atoms with Crippen molar-refractivity contribution in [3.05, 3.63) is 61.5 Å². The third kappa shape index (κ3) is 3.03. The molecule has 0 bridgehead atoms. The van der Waals surface area contributed by atoms with Gasteiger partial charge in [-0.3, -0.25) is 9.59 Å². The number of amides is 1. The van der Waals surface area contributed by atoms with E-state index in [-0.39, 0.29) is 11.7 Å². The zero-order valence-corrected chi connectivity index (χ0v) is 15.7. The first-order valence-corrected chi connectivity index (χ1v) is 8.59. The van der Waals surface area contributed by atoms with E-state index < -0.39 is 0 Å². The second-order valence-corrected chi connectivity index (χ2v) is 7.15. The van der Waals surface area contributed by atoms with Crippen molar-refractivity contribution < 1.29 is 9.59 Å².